The van der Waals surface area contributed by atoms with E-state index in [0.717, 1.165) is 25.4 Å². The van der Waals surface area contributed by atoms with E-state index in [9.17, 15) is 4.39 Å². The molecule has 3 atom stereocenters. The number of rotatable bonds is 1. The minimum atomic E-state index is -0.885. The molecule has 2 aliphatic rings. The van der Waals surface area contributed by atoms with Crippen molar-refractivity contribution >= 4 is 7.85 Å². The first-order valence-electron chi connectivity index (χ1n) is 5.57. The lowest BCUT2D eigenvalue weighted by atomic mass is 9.73. The molecule has 0 amide bonds. The Hall–Kier alpha value is -0.0451. The number of hydrogen-bond acceptors (Lipinski definition) is 1. The van der Waals surface area contributed by atoms with Crippen LogP contribution in [-0.4, -0.2) is 36.9 Å². The number of alkyl halides is 1. The van der Waals surface area contributed by atoms with Crippen LogP contribution in [-0.2, 0) is 0 Å². The van der Waals surface area contributed by atoms with Gasteiger partial charge < -0.3 is 0 Å². The van der Waals surface area contributed by atoms with Crippen LogP contribution in [0.2, 0.25) is 0 Å². The maximum atomic E-state index is 13.7. The van der Waals surface area contributed by atoms with Gasteiger partial charge in [0.25, 0.3) is 0 Å². The molecule has 13 heavy (non-hydrogen) atoms. The first kappa shape index (κ1) is 9.51. The normalized spacial score (nSPS) is 46.3. The van der Waals surface area contributed by atoms with Gasteiger partial charge in [0, 0.05) is 18.6 Å². The van der Waals surface area contributed by atoms with E-state index in [4.69, 9.17) is 0 Å². The van der Waals surface area contributed by atoms with Crippen molar-refractivity contribution in [2.45, 2.75) is 56.7 Å². The summed E-state index contributed by atoms with van der Waals surface area (Å²) in [7, 11) is 1.77. The third kappa shape index (κ3) is 1.76. The molecule has 3 unspecified atom stereocenters. The van der Waals surface area contributed by atoms with Crippen LogP contribution in [0.25, 0.3) is 0 Å². The van der Waals surface area contributed by atoms with Crippen LogP contribution >= 0.6 is 0 Å². The van der Waals surface area contributed by atoms with Crippen LogP contribution in [0.5, 0.6) is 0 Å². The zero-order valence-electron chi connectivity index (χ0n) is 8.72. The second-order valence-corrected chi connectivity index (χ2v) is 4.90. The number of fused-ring (bicyclic) bond motifs is 1. The summed E-state index contributed by atoms with van der Waals surface area (Å²) >= 11 is 0. The Kier molecular flexibility index (Phi) is 2.39. The molecule has 0 aromatic heterocycles. The molecule has 2 fully saturated rings. The summed E-state index contributed by atoms with van der Waals surface area (Å²) in [6.45, 7) is 3.23. The SMILES string of the molecule is BC1(F)CCN2C(CC)CCC2C1. The summed E-state index contributed by atoms with van der Waals surface area (Å²) in [6.07, 6.45) is 5.25. The lowest BCUT2D eigenvalue weighted by Gasteiger charge is -2.39. The van der Waals surface area contributed by atoms with E-state index in [2.05, 4.69) is 11.8 Å². The second kappa shape index (κ2) is 3.27. The fourth-order valence-electron chi connectivity index (χ4n) is 2.99. The Bertz CT molecular complexity index is 195. The van der Waals surface area contributed by atoms with E-state index < -0.39 is 5.57 Å². The van der Waals surface area contributed by atoms with E-state index in [1.807, 2.05) is 0 Å². The van der Waals surface area contributed by atoms with Gasteiger partial charge in [0.1, 0.15) is 7.85 Å². The van der Waals surface area contributed by atoms with Crippen molar-refractivity contribution in [1.82, 2.24) is 4.90 Å². The molecular weight excluding hydrogens is 164 g/mol. The molecule has 0 spiro atoms. The molecule has 2 aliphatic heterocycles. The van der Waals surface area contributed by atoms with Gasteiger partial charge in [-0.2, -0.15) is 0 Å². The summed E-state index contributed by atoms with van der Waals surface area (Å²) in [6, 6.07) is 1.30. The molecule has 0 aliphatic carbocycles. The Morgan fingerprint density at radius 3 is 3.00 bits per heavy atom. The van der Waals surface area contributed by atoms with Gasteiger partial charge in [0.05, 0.1) is 5.57 Å². The zero-order chi connectivity index (χ0) is 9.47. The molecule has 1 nitrogen and oxygen atoms in total. The van der Waals surface area contributed by atoms with Crippen LogP contribution in [0.15, 0.2) is 0 Å². The van der Waals surface area contributed by atoms with Crippen molar-refractivity contribution in [1.29, 1.82) is 0 Å². The van der Waals surface area contributed by atoms with Crippen LogP contribution in [0, 0.1) is 0 Å². The summed E-state index contributed by atoms with van der Waals surface area (Å²) < 4.78 is 13.7. The van der Waals surface area contributed by atoms with Crippen molar-refractivity contribution in [3.63, 3.8) is 0 Å². The fourth-order valence-corrected chi connectivity index (χ4v) is 2.99. The first-order valence-corrected chi connectivity index (χ1v) is 5.57. The standard InChI is InChI=1S/C10H19BFN/c1-2-8-3-4-9-7-10(11,12)5-6-13(8)9/h8-9H,2-7,11H2,1H3. The average Bonchev–Trinajstić information content (AvgIpc) is 2.44. The summed E-state index contributed by atoms with van der Waals surface area (Å²) in [5.74, 6) is 0. The molecule has 3 heteroatoms. The molecule has 2 saturated heterocycles. The first-order chi connectivity index (χ1) is 6.12. The number of piperidine rings is 1. The van der Waals surface area contributed by atoms with Gasteiger partial charge in [-0.15, -0.1) is 0 Å². The van der Waals surface area contributed by atoms with Crippen LogP contribution < -0.4 is 0 Å². The van der Waals surface area contributed by atoms with Crippen LogP contribution in [0.1, 0.15) is 39.0 Å². The van der Waals surface area contributed by atoms with Crippen molar-refractivity contribution < 1.29 is 4.39 Å². The molecule has 74 valence electrons. The largest absolute Gasteiger partial charge is 0.297 e. The van der Waals surface area contributed by atoms with Gasteiger partial charge in [0.15, 0.2) is 0 Å². The lowest BCUT2D eigenvalue weighted by Crippen LogP contribution is -2.48. The predicted octanol–water partition coefficient (Wildman–Crippen LogP) is 1.32. The van der Waals surface area contributed by atoms with E-state index >= 15 is 0 Å². The summed E-state index contributed by atoms with van der Waals surface area (Å²) in [5.41, 5.74) is -0.885. The van der Waals surface area contributed by atoms with Crippen molar-refractivity contribution in [3.8, 4) is 0 Å². The quantitative estimate of drug-likeness (QED) is 0.554. The van der Waals surface area contributed by atoms with E-state index in [0.29, 0.717) is 6.04 Å². The number of nitrogens with zero attached hydrogens (tertiary/aromatic N) is 1. The highest BCUT2D eigenvalue weighted by atomic mass is 19.1. The van der Waals surface area contributed by atoms with Crippen LogP contribution in [0.3, 0.4) is 0 Å². The predicted molar refractivity (Wildman–Crippen MR) is 55.4 cm³/mol. The third-order valence-corrected chi connectivity index (χ3v) is 3.79. The smallest absolute Gasteiger partial charge is 0.150 e. The zero-order valence-corrected chi connectivity index (χ0v) is 8.72. The maximum absolute atomic E-state index is 13.7. The summed E-state index contributed by atoms with van der Waals surface area (Å²) in [4.78, 5) is 2.54. The van der Waals surface area contributed by atoms with Gasteiger partial charge in [-0.05, 0) is 32.1 Å². The summed E-state index contributed by atoms with van der Waals surface area (Å²) in [5, 5.41) is 0. The molecule has 0 N–H and O–H groups in total. The Labute approximate surface area is 81.1 Å². The van der Waals surface area contributed by atoms with Crippen LogP contribution in [0.4, 0.5) is 4.39 Å². The minimum Gasteiger partial charge on any atom is -0.297 e. The average molecular weight is 183 g/mol. The molecule has 0 radical (unpaired) electrons. The number of hydrogen-bond donors (Lipinski definition) is 0. The van der Waals surface area contributed by atoms with Gasteiger partial charge in [-0.3, -0.25) is 9.29 Å². The Morgan fingerprint density at radius 1 is 1.54 bits per heavy atom. The molecule has 0 saturated carbocycles. The lowest BCUT2D eigenvalue weighted by molar-refractivity contribution is 0.0707. The Balaban J connectivity index is 2.02. The highest BCUT2D eigenvalue weighted by Gasteiger charge is 2.41. The maximum Gasteiger partial charge on any atom is 0.150 e. The molecule has 0 aromatic carbocycles. The molecule has 0 bridgehead atoms. The van der Waals surface area contributed by atoms with Crippen molar-refractivity contribution in [3.05, 3.63) is 0 Å². The van der Waals surface area contributed by atoms with Crippen molar-refractivity contribution in [2.75, 3.05) is 6.54 Å². The van der Waals surface area contributed by atoms with Gasteiger partial charge in [-0.25, -0.2) is 0 Å². The minimum absolute atomic E-state index is 0.550. The number of halogens is 1. The van der Waals surface area contributed by atoms with E-state index in [1.165, 1.54) is 19.3 Å². The monoisotopic (exact) mass is 183 g/mol. The van der Waals surface area contributed by atoms with Gasteiger partial charge in [-0.1, -0.05) is 6.92 Å². The molecule has 0 aromatic rings. The fraction of sp³-hybridized carbons (Fsp3) is 1.00. The van der Waals surface area contributed by atoms with Crippen molar-refractivity contribution in [2.24, 2.45) is 0 Å². The van der Waals surface area contributed by atoms with Gasteiger partial charge >= 0.3 is 0 Å². The molecule has 2 heterocycles. The van der Waals surface area contributed by atoms with Gasteiger partial charge in [0.2, 0.25) is 0 Å². The molecular formula is C10H19BFN. The van der Waals surface area contributed by atoms with E-state index in [-0.39, 0.29) is 0 Å². The van der Waals surface area contributed by atoms with E-state index in [1.54, 1.807) is 7.85 Å². The second-order valence-electron chi connectivity index (χ2n) is 4.90. The highest BCUT2D eigenvalue weighted by molar-refractivity contribution is 6.14. The topological polar surface area (TPSA) is 3.24 Å². The Morgan fingerprint density at radius 2 is 2.31 bits per heavy atom. The third-order valence-electron chi connectivity index (χ3n) is 3.79. The highest BCUT2D eigenvalue weighted by Crippen LogP contribution is 2.37. The molecule has 2 rings (SSSR count).